The lowest BCUT2D eigenvalue weighted by Crippen LogP contribution is -2.11. The van der Waals surface area contributed by atoms with E-state index in [0.29, 0.717) is 39.6 Å². The lowest BCUT2D eigenvalue weighted by Gasteiger charge is -2.05. The Morgan fingerprint density at radius 1 is 0.714 bits per heavy atom. The van der Waals surface area contributed by atoms with Crippen molar-refractivity contribution in [3.63, 3.8) is 0 Å². The fourth-order valence-corrected chi connectivity index (χ4v) is 0.767. The summed E-state index contributed by atoms with van der Waals surface area (Å²) in [6.07, 6.45) is 0. The zero-order valence-electron chi connectivity index (χ0n) is 8.74. The zero-order valence-corrected chi connectivity index (χ0v) is 8.74. The second-order valence-electron chi connectivity index (χ2n) is 2.46. The predicted octanol–water partition coefficient (Wildman–Crippen LogP) is 0.0225. The molecule has 5 nitrogen and oxygen atoms in total. The minimum atomic E-state index is -0.256. The molecule has 0 aliphatic heterocycles. The van der Waals surface area contributed by atoms with Gasteiger partial charge in [-0.15, -0.1) is 0 Å². The molecule has 0 atom stereocenters. The molecule has 14 heavy (non-hydrogen) atoms. The van der Waals surface area contributed by atoms with Crippen LogP contribution in [0.25, 0.3) is 0 Å². The Balaban J connectivity index is 2.78. The quantitative estimate of drug-likeness (QED) is 0.383. The van der Waals surface area contributed by atoms with Crippen LogP contribution in [0.2, 0.25) is 0 Å². The van der Waals surface area contributed by atoms with Crippen LogP contribution < -0.4 is 0 Å². The second-order valence-corrected chi connectivity index (χ2v) is 2.46. The van der Waals surface area contributed by atoms with Crippen molar-refractivity contribution in [3.8, 4) is 0 Å². The third-order valence-electron chi connectivity index (χ3n) is 1.41. The number of hydrogen-bond donors (Lipinski definition) is 1. The summed E-state index contributed by atoms with van der Waals surface area (Å²) in [5, 5.41) is 8.27. The van der Waals surface area contributed by atoms with Gasteiger partial charge in [-0.1, -0.05) is 0 Å². The molecule has 0 bridgehead atoms. The van der Waals surface area contributed by atoms with E-state index in [-0.39, 0.29) is 6.79 Å². The number of hydrogen-bond acceptors (Lipinski definition) is 5. The molecular formula is C9H20O5. The van der Waals surface area contributed by atoms with E-state index in [9.17, 15) is 0 Å². The Morgan fingerprint density at radius 2 is 1.14 bits per heavy atom. The van der Waals surface area contributed by atoms with Crippen LogP contribution in [-0.4, -0.2) is 58.1 Å². The Labute approximate surface area is 84.9 Å². The number of ether oxygens (including phenoxy) is 4. The van der Waals surface area contributed by atoms with Gasteiger partial charge in [-0.05, 0) is 6.92 Å². The van der Waals surface area contributed by atoms with Crippen LogP contribution in [0, 0.1) is 0 Å². The summed E-state index contributed by atoms with van der Waals surface area (Å²) in [7, 11) is 0. The molecule has 0 aromatic carbocycles. The van der Waals surface area contributed by atoms with Crippen molar-refractivity contribution in [2.45, 2.75) is 6.92 Å². The maximum Gasteiger partial charge on any atom is 0.143 e. The topological polar surface area (TPSA) is 57.2 Å². The van der Waals surface area contributed by atoms with E-state index in [1.165, 1.54) is 0 Å². The number of aliphatic hydroxyl groups excluding tert-OH is 1. The van der Waals surface area contributed by atoms with Gasteiger partial charge in [0, 0.05) is 6.61 Å². The maximum atomic E-state index is 8.27. The third-order valence-corrected chi connectivity index (χ3v) is 1.41. The number of rotatable bonds is 11. The molecule has 0 aliphatic carbocycles. The molecule has 86 valence electrons. The van der Waals surface area contributed by atoms with Crippen molar-refractivity contribution in [2.75, 3.05) is 53.0 Å². The van der Waals surface area contributed by atoms with E-state index in [1.807, 2.05) is 6.92 Å². The van der Waals surface area contributed by atoms with Crippen molar-refractivity contribution in [2.24, 2.45) is 0 Å². The molecule has 0 fully saturated rings. The van der Waals surface area contributed by atoms with Gasteiger partial charge >= 0.3 is 0 Å². The SMILES string of the molecule is CCOCCOCCOCCOCO. The lowest BCUT2D eigenvalue weighted by atomic mass is 10.7. The molecule has 0 unspecified atom stereocenters. The monoisotopic (exact) mass is 208 g/mol. The van der Waals surface area contributed by atoms with Crippen LogP contribution >= 0.6 is 0 Å². The van der Waals surface area contributed by atoms with Gasteiger partial charge in [0.15, 0.2) is 0 Å². The second kappa shape index (κ2) is 12.8. The summed E-state index contributed by atoms with van der Waals surface area (Å²) in [5.41, 5.74) is 0. The van der Waals surface area contributed by atoms with Gasteiger partial charge in [0.05, 0.1) is 39.6 Å². The number of aliphatic hydroxyl groups is 1. The summed E-state index contributed by atoms with van der Waals surface area (Å²) < 4.78 is 20.1. The molecule has 0 spiro atoms. The average molecular weight is 208 g/mol. The summed E-state index contributed by atoms with van der Waals surface area (Å²) in [6, 6.07) is 0. The molecule has 0 aliphatic rings. The highest BCUT2D eigenvalue weighted by atomic mass is 16.6. The first-order valence-electron chi connectivity index (χ1n) is 4.83. The van der Waals surface area contributed by atoms with Gasteiger partial charge in [0.25, 0.3) is 0 Å². The lowest BCUT2D eigenvalue weighted by molar-refractivity contribution is -0.0393. The zero-order chi connectivity index (χ0) is 10.5. The highest BCUT2D eigenvalue weighted by Gasteiger charge is 1.90. The molecule has 1 N–H and O–H groups in total. The van der Waals surface area contributed by atoms with Crippen LogP contribution in [0.3, 0.4) is 0 Å². The third kappa shape index (κ3) is 11.8. The summed E-state index contributed by atoms with van der Waals surface area (Å²) in [4.78, 5) is 0. The van der Waals surface area contributed by atoms with E-state index in [2.05, 4.69) is 4.74 Å². The van der Waals surface area contributed by atoms with Gasteiger partial charge in [-0.25, -0.2) is 0 Å². The Bertz CT molecular complexity index is 87.2. The van der Waals surface area contributed by atoms with Crippen LogP contribution in [0.4, 0.5) is 0 Å². The van der Waals surface area contributed by atoms with Gasteiger partial charge in [-0.2, -0.15) is 0 Å². The molecule has 0 aromatic heterocycles. The maximum absolute atomic E-state index is 8.27. The van der Waals surface area contributed by atoms with E-state index in [1.54, 1.807) is 0 Å². The van der Waals surface area contributed by atoms with Gasteiger partial charge in [-0.3, -0.25) is 0 Å². The fourth-order valence-electron chi connectivity index (χ4n) is 0.767. The highest BCUT2D eigenvalue weighted by molar-refractivity contribution is 4.33. The van der Waals surface area contributed by atoms with Crippen molar-refractivity contribution < 1.29 is 24.1 Å². The predicted molar refractivity (Wildman–Crippen MR) is 51.2 cm³/mol. The van der Waals surface area contributed by atoms with Crippen LogP contribution in [0.15, 0.2) is 0 Å². The van der Waals surface area contributed by atoms with E-state index in [0.717, 1.165) is 6.61 Å². The van der Waals surface area contributed by atoms with Crippen molar-refractivity contribution >= 4 is 0 Å². The largest absolute Gasteiger partial charge is 0.379 e. The van der Waals surface area contributed by atoms with Gasteiger partial charge in [0.2, 0.25) is 0 Å². The first-order chi connectivity index (χ1) is 6.91. The standard InChI is InChI=1S/C9H20O5/c1-2-11-3-4-12-5-6-13-7-8-14-9-10/h10H,2-9H2,1H3. The molecular weight excluding hydrogens is 188 g/mol. The van der Waals surface area contributed by atoms with Crippen molar-refractivity contribution in [3.05, 3.63) is 0 Å². The van der Waals surface area contributed by atoms with Gasteiger partial charge < -0.3 is 24.1 Å². The van der Waals surface area contributed by atoms with E-state index in [4.69, 9.17) is 19.3 Å². The molecule has 0 aromatic rings. The highest BCUT2D eigenvalue weighted by Crippen LogP contribution is 1.81. The molecule has 5 heteroatoms. The van der Waals surface area contributed by atoms with E-state index < -0.39 is 0 Å². The average Bonchev–Trinajstić information content (AvgIpc) is 2.21. The summed E-state index contributed by atoms with van der Waals surface area (Å²) in [6.45, 7) is 5.64. The van der Waals surface area contributed by atoms with Gasteiger partial charge in [0.1, 0.15) is 6.79 Å². The molecule has 0 saturated heterocycles. The minimum Gasteiger partial charge on any atom is -0.379 e. The Kier molecular flexibility index (Phi) is 12.6. The van der Waals surface area contributed by atoms with Crippen LogP contribution in [-0.2, 0) is 18.9 Å². The Hall–Kier alpha value is -0.200. The molecule has 0 amide bonds. The summed E-state index contributed by atoms with van der Waals surface area (Å²) >= 11 is 0. The first kappa shape index (κ1) is 13.8. The summed E-state index contributed by atoms with van der Waals surface area (Å²) in [5.74, 6) is 0. The minimum absolute atomic E-state index is 0.256. The van der Waals surface area contributed by atoms with Crippen LogP contribution in [0.5, 0.6) is 0 Å². The molecule has 0 radical (unpaired) electrons. The Morgan fingerprint density at radius 3 is 1.57 bits per heavy atom. The smallest absolute Gasteiger partial charge is 0.143 e. The molecule has 0 heterocycles. The fraction of sp³-hybridized carbons (Fsp3) is 1.00. The van der Waals surface area contributed by atoms with Crippen molar-refractivity contribution in [1.82, 2.24) is 0 Å². The normalized spacial score (nSPS) is 10.7. The van der Waals surface area contributed by atoms with Crippen LogP contribution in [0.1, 0.15) is 6.92 Å². The molecule has 0 rings (SSSR count). The van der Waals surface area contributed by atoms with Crippen molar-refractivity contribution in [1.29, 1.82) is 0 Å². The molecule has 0 saturated carbocycles. The van der Waals surface area contributed by atoms with E-state index >= 15 is 0 Å². The first-order valence-corrected chi connectivity index (χ1v) is 4.83.